The van der Waals surface area contributed by atoms with Crippen LogP contribution in [0.25, 0.3) is 0 Å². The first-order chi connectivity index (χ1) is 19.7. The molecule has 0 aromatic heterocycles. The number of amides is 1. The van der Waals surface area contributed by atoms with Crippen LogP contribution in [0.15, 0.2) is 66.7 Å². The summed E-state index contributed by atoms with van der Waals surface area (Å²) in [5.41, 5.74) is 1.46. The maximum atomic E-state index is 13.2. The number of aliphatic carboxylic acids is 1. The summed E-state index contributed by atoms with van der Waals surface area (Å²) < 4.78 is 35.4. The molecule has 3 aromatic rings. The minimum absolute atomic E-state index is 0.00543. The van der Waals surface area contributed by atoms with Crippen molar-refractivity contribution in [1.29, 1.82) is 0 Å². The van der Waals surface area contributed by atoms with Crippen LogP contribution in [0.2, 0.25) is 10.0 Å². The minimum Gasteiger partial charge on any atom is -0.493 e. The summed E-state index contributed by atoms with van der Waals surface area (Å²) in [6, 6.07) is 17.7. The van der Waals surface area contributed by atoms with E-state index in [0.717, 1.165) is 5.56 Å². The van der Waals surface area contributed by atoms with Crippen LogP contribution in [-0.4, -0.2) is 61.1 Å². The van der Waals surface area contributed by atoms with Gasteiger partial charge in [-0.15, -0.1) is 0 Å². The van der Waals surface area contributed by atoms with Gasteiger partial charge in [0.1, 0.15) is 30.5 Å². The molecule has 3 rings (SSSR count). The summed E-state index contributed by atoms with van der Waals surface area (Å²) in [6.07, 6.45) is -0.730. The van der Waals surface area contributed by atoms with Crippen molar-refractivity contribution in [2.24, 2.45) is 0 Å². The summed E-state index contributed by atoms with van der Waals surface area (Å²) >= 11 is 12.0. The zero-order valence-electron chi connectivity index (χ0n) is 22.6. The van der Waals surface area contributed by atoms with Gasteiger partial charge in [-0.05, 0) is 66.9 Å². The van der Waals surface area contributed by atoms with Crippen molar-refractivity contribution in [2.75, 3.05) is 32.9 Å². The predicted octanol–water partition coefficient (Wildman–Crippen LogP) is 6.65. The lowest BCUT2D eigenvalue weighted by molar-refractivity contribution is -0.149. The third kappa shape index (κ3) is 11.5. The van der Waals surface area contributed by atoms with E-state index in [2.05, 4.69) is 0 Å². The molecule has 0 heterocycles. The van der Waals surface area contributed by atoms with Gasteiger partial charge < -0.3 is 29.0 Å². The third-order valence-corrected chi connectivity index (χ3v) is 6.27. The number of carbonyl (C=O) groups excluding carboxylic acids is 1. The molecule has 0 saturated heterocycles. The Morgan fingerprint density at radius 1 is 0.878 bits per heavy atom. The second kappa shape index (κ2) is 16.7. The van der Waals surface area contributed by atoms with E-state index in [1.54, 1.807) is 61.5 Å². The summed E-state index contributed by atoms with van der Waals surface area (Å²) in [6.45, 7) is 3.10. The first kappa shape index (κ1) is 32.0. The standard InChI is InChI=1S/C30H32Cl2FNO7/c1-2-38-28(29(35)36)16-21-6-10-26(11-7-21)40-15-13-34(30(37)41-20-22-4-8-25(33)9-5-22)12-3-14-39-27-18-23(31)17-24(32)19-27/h4-11,17-19,28H,2-3,12-16,20H2,1H3,(H,35,36). The SMILES string of the molecule is CCOC(Cc1ccc(OCCN(CCCOc2cc(Cl)cc(Cl)c2)C(=O)OCc2ccc(F)cc2)cc1)C(=O)O. The van der Waals surface area contributed by atoms with Crippen LogP contribution in [0.4, 0.5) is 9.18 Å². The molecule has 1 N–H and O–H groups in total. The Kier molecular flexibility index (Phi) is 13.0. The Hall–Kier alpha value is -3.53. The Bertz CT molecular complexity index is 1240. The van der Waals surface area contributed by atoms with E-state index >= 15 is 0 Å². The lowest BCUT2D eigenvalue weighted by Gasteiger charge is -2.22. The van der Waals surface area contributed by atoms with Gasteiger partial charge in [-0.3, -0.25) is 0 Å². The largest absolute Gasteiger partial charge is 0.493 e. The summed E-state index contributed by atoms with van der Waals surface area (Å²) in [7, 11) is 0. The van der Waals surface area contributed by atoms with Crippen molar-refractivity contribution in [3.8, 4) is 11.5 Å². The normalized spacial score (nSPS) is 11.5. The van der Waals surface area contributed by atoms with Gasteiger partial charge in [-0.1, -0.05) is 47.5 Å². The first-order valence-corrected chi connectivity index (χ1v) is 13.8. The smallest absolute Gasteiger partial charge is 0.410 e. The molecule has 220 valence electrons. The second-order valence-corrected chi connectivity index (χ2v) is 9.83. The van der Waals surface area contributed by atoms with Crippen LogP contribution in [-0.2, 0) is 27.3 Å². The molecule has 8 nitrogen and oxygen atoms in total. The molecule has 0 radical (unpaired) electrons. The van der Waals surface area contributed by atoms with Gasteiger partial charge in [-0.2, -0.15) is 0 Å². The fourth-order valence-electron chi connectivity index (χ4n) is 3.80. The number of nitrogens with zero attached hydrogens (tertiary/aromatic N) is 1. The van der Waals surface area contributed by atoms with E-state index < -0.39 is 18.2 Å². The second-order valence-electron chi connectivity index (χ2n) is 8.95. The number of carboxylic acids is 1. The highest BCUT2D eigenvalue weighted by Crippen LogP contribution is 2.24. The van der Waals surface area contributed by atoms with Crippen molar-refractivity contribution in [1.82, 2.24) is 4.90 Å². The van der Waals surface area contributed by atoms with Crippen molar-refractivity contribution >= 4 is 35.3 Å². The van der Waals surface area contributed by atoms with Crippen molar-refractivity contribution in [3.05, 3.63) is 93.7 Å². The van der Waals surface area contributed by atoms with Gasteiger partial charge in [0.25, 0.3) is 0 Å². The number of rotatable bonds is 16. The Morgan fingerprint density at radius 3 is 2.15 bits per heavy atom. The maximum absolute atomic E-state index is 13.2. The van der Waals surface area contributed by atoms with Crippen LogP contribution in [0.5, 0.6) is 11.5 Å². The maximum Gasteiger partial charge on any atom is 0.410 e. The lowest BCUT2D eigenvalue weighted by Crippen LogP contribution is -2.36. The molecule has 0 bridgehead atoms. The monoisotopic (exact) mass is 607 g/mol. The molecule has 0 aliphatic rings. The van der Waals surface area contributed by atoms with Crippen LogP contribution in [0, 0.1) is 5.82 Å². The Balaban J connectivity index is 1.53. The minimum atomic E-state index is -1.01. The molecule has 11 heteroatoms. The quantitative estimate of drug-likeness (QED) is 0.182. The molecule has 41 heavy (non-hydrogen) atoms. The molecule has 1 unspecified atom stereocenters. The first-order valence-electron chi connectivity index (χ1n) is 13.0. The van der Waals surface area contributed by atoms with Crippen LogP contribution in [0.3, 0.4) is 0 Å². The van der Waals surface area contributed by atoms with Crippen LogP contribution in [0.1, 0.15) is 24.5 Å². The van der Waals surface area contributed by atoms with Gasteiger partial charge in [0.15, 0.2) is 6.10 Å². The molecule has 0 aliphatic heterocycles. The third-order valence-electron chi connectivity index (χ3n) is 5.83. The van der Waals surface area contributed by atoms with Crippen molar-refractivity contribution in [3.63, 3.8) is 0 Å². The van der Waals surface area contributed by atoms with Gasteiger partial charge in [-0.25, -0.2) is 14.0 Å². The predicted molar refractivity (Wildman–Crippen MR) is 153 cm³/mol. The average Bonchev–Trinajstić information content (AvgIpc) is 2.94. The number of hydrogen-bond donors (Lipinski definition) is 1. The van der Waals surface area contributed by atoms with Crippen LogP contribution >= 0.6 is 23.2 Å². The fourth-order valence-corrected chi connectivity index (χ4v) is 4.30. The fraction of sp³-hybridized carbons (Fsp3) is 0.333. The summed E-state index contributed by atoms with van der Waals surface area (Å²) in [5, 5.41) is 10.2. The van der Waals surface area contributed by atoms with E-state index in [1.807, 2.05) is 0 Å². The van der Waals surface area contributed by atoms with Gasteiger partial charge >= 0.3 is 12.1 Å². The van der Waals surface area contributed by atoms with Crippen molar-refractivity contribution in [2.45, 2.75) is 32.5 Å². The van der Waals surface area contributed by atoms with Crippen LogP contribution < -0.4 is 9.47 Å². The molecule has 0 fully saturated rings. The van der Waals surface area contributed by atoms with E-state index in [4.69, 9.17) is 42.1 Å². The molecule has 0 spiro atoms. The number of carbonyl (C=O) groups is 2. The molecule has 1 atom stereocenters. The molecule has 1 amide bonds. The molecule has 0 saturated carbocycles. The average molecular weight is 608 g/mol. The highest BCUT2D eigenvalue weighted by molar-refractivity contribution is 6.34. The number of ether oxygens (including phenoxy) is 4. The summed E-state index contributed by atoms with van der Waals surface area (Å²) in [4.78, 5) is 25.7. The number of carboxylic acid groups (broad SMARTS) is 1. The molecule has 0 aliphatic carbocycles. The van der Waals surface area contributed by atoms with Gasteiger partial charge in [0, 0.05) is 29.6 Å². The molecule has 3 aromatic carbocycles. The van der Waals surface area contributed by atoms with E-state index in [-0.39, 0.29) is 32.0 Å². The number of halogens is 3. The number of hydrogen-bond acceptors (Lipinski definition) is 6. The Morgan fingerprint density at radius 2 is 1.51 bits per heavy atom. The zero-order valence-corrected chi connectivity index (χ0v) is 24.1. The lowest BCUT2D eigenvalue weighted by atomic mass is 10.1. The number of benzene rings is 3. The molecular weight excluding hydrogens is 576 g/mol. The van der Waals surface area contributed by atoms with E-state index in [9.17, 15) is 19.1 Å². The van der Waals surface area contributed by atoms with E-state index in [1.165, 1.54) is 17.0 Å². The van der Waals surface area contributed by atoms with Gasteiger partial charge in [0.05, 0.1) is 13.2 Å². The van der Waals surface area contributed by atoms with Gasteiger partial charge in [0.2, 0.25) is 0 Å². The van der Waals surface area contributed by atoms with Crippen molar-refractivity contribution < 1.29 is 38.0 Å². The zero-order chi connectivity index (χ0) is 29.6. The Labute approximate surface area is 248 Å². The van der Waals surface area contributed by atoms with E-state index in [0.29, 0.717) is 53.3 Å². The topological polar surface area (TPSA) is 94.5 Å². The molecular formula is C30H32Cl2FNO7. The summed E-state index contributed by atoms with van der Waals surface area (Å²) in [5.74, 6) is -0.294. The highest BCUT2D eigenvalue weighted by Gasteiger charge is 2.18. The highest BCUT2D eigenvalue weighted by atomic mass is 35.5.